The molecule has 0 spiro atoms. The van der Waals surface area contributed by atoms with Gasteiger partial charge in [0.25, 0.3) is 6.02 Å². The van der Waals surface area contributed by atoms with Gasteiger partial charge in [0.05, 0.1) is 6.54 Å². The third kappa shape index (κ3) is 1.88. The Kier molecular flexibility index (Phi) is 2.46. The number of rotatable bonds is 1. The molecule has 4 nitrogen and oxygen atoms in total. The summed E-state index contributed by atoms with van der Waals surface area (Å²) in [5, 5.41) is 6.62. The van der Waals surface area contributed by atoms with Gasteiger partial charge in [0.1, 0.15) is 6.61 Å². The Hall–Kier alpha value is -0.770. The minimum Gasteiger partial charge on any atom is -0.463 e. The van der Waals surface area contributed by atoms with Gasteiger partial charge in [-0.25, -0.2) is 4.99 Å². The highest BCUT2D eigenvalue weighted by molar-refractivity contribution is 5.75. The number of nitrogens with one attached hydrogen (secondary N) is 2. The van der Waals surface area contributed by atoms with Crippen molar-refractivity contribution in [1.29, 1.82) is 0 Å². The second-order valence-corrected chi connectivity index (χ2v) is 3.20. The van der Waals surface area contributed by atoms with Crippen molar-refractivity contribution in [3.63, 3.8) is 0 Å². The quantitative estimate of drug-likeness (QED) is 0.567. The van der Waals surface area contributed by atoms with Gasteiger partial charge in [0, 0.05) is 6.04 Å². The molecule has 0 bridgehead atoms. The molecule has 1 saturated heterocycles. The van der Waals surface area contributed by atoms with Crippen LogP contribution in [0.3, 0.4) is 0 Å². The fourth-order valence-corrected chi connectivity index (χ4v) is 1.56. The number of hydrogen-bond acceptors (Lipinski definition) is 4. The average Bonchev–Trinajstić information content (AvgIpc) is 2.59. The number of ether oxygens (including phenoxy) is 1. The minimum absolute atomic E-state index is 0.558. The zero-order valence-corrected chi connectivity index (χ0v) is 7.18. The van der Waals surface area contributed by atoms with Crippen molar-refractivity contribution in [2.24, 2.45) is 4.99 Å². The van der Waals surface area contributed by atoms with Crippen LogP contribution in [0.4, 0.5) is 0 Å². The summed E-state index contributed by atoms with van der Waals surface area (Å²) in [5.41, 5.74) is 0. The zero-order chi connectivity index (χ0) is 8.23. The predicted octanol–water partition coefficient (Wildman–Crippen LogP) is -0.286. The van der Waals surface area contributed by atoms with Crippen LogP contribution in [-0.4, -0.2) is 38.3 Å². The first-order chi connectivity index (χ1) is 5.95. The Morgan fingerprint density at radius 2 is 2.25 bits per heavy atom. The highest BCUT2D eigenvalue weighted by atomic mass is 16.5. The molecule has 0 aromatic carbocycles. The van der Waals surface area contributed by atoms with Crippen molar-refractivity contribution in [2.75, 3.05) is 26.2 Å². The van der Waals surface area contributed by atoms with Gasteiger partial charge in [-0.2, -0.15) is 0 Å². The molecule has 4 heteroatoms. The zero-order valence-electron chi connectivity index (χ0n) is 7.18. The summed E-state index contributed by atoms with van der Waals surface area (Å²) in [5.74, 6) is 0. The third-order valence-corrected chi connectivity index (χ3v) is 2.25. The van der Waals surface area contributed by atoms with E-state index in [0.717, 1.165) is 32.3 Å². The first kappa shape index (κ1) is 7.86. The molecule has 2 heterocycles. The average molecular weight is 169 g/mol. The molecule has 0 unspecified atom stereocenters. The van der Waals surface area contributed by atoms with E-state index in [4.69, 9.17) is 4.74 Å². The lowest BCUT2D eigenvalue weighted by Crippen LogP contribution is -2.42. The van der Waals surface area contributed by atoms with Crippen molar-refractivity contribution >= 4 is 6.02 Å². The molecule has 0 amide bonds. The van der Waals surface area contributed by atoms with Gasteiger partial charge in [-0.1, -0.05) is 0 Å². The summed E-state index contributed by atoms with van der Waals surface area (Å²) in [7, 11) is 0. The molecule has 0 radical (unpaired) electrons. The fraction of sp³-hybridized carbons (Fsp3) is 0.875. The number of piperidine rings is 1. The van der Waals surface area contributed by atoms with Crippen LogP contribution < -0.4 is 10.6 Å². The van der Waals surface area contributed by atoms with Gasteiger partial charge in [-0.3, -0.25) is 0 Å². The van der Waals surface area contributed by atoms with Crippen LogP contribution in [0.5, 0.6) is 0 Å². The number of hydrogen-bond donors (Lipinski definition) is 2. The van der Waals surface area contributed by atoms with Crippen LogP contribution in [0, 0.1) is 0 Å². The monoisotopic (exact) mass is 169 g/mol. The van der Waals surface area contributed by atoms with E-state index in [1.165, 1.54) is 12.8 Å². The summed E-state index contributed by atoms with van der Waals surface area (Å²) >= 11 is 0. The highest BCUT2D eigenvalue weighted by Crippen LogP contribution is 2.03. The Morgan fingerprint density at radius 3 is 2.92 bits per heavy atom. The van der Waals surface area contributed by atoms with Gasteiger partial charge in [-0.05, 0) is 25.9 Å². The Morgan fingerprint density at radius 1 is 1.42 bits per heavy atom. The summed E-state index contributed by atoms with van der Waals surface area (Å²) in [6.45, 7) is 3.76. The minimum atomic E-state index is 0.558. The molecule has 68 valence electrons. The van der Waals surface area contributed by atoms with Crippen molar-refractivity contribution in [1.82, 2.24) is 10.6 Å². The van der Waals surface area contributed by atoms with Crippen molar-refractivity contribution in [2.45, 2.75) is 18.9 Å². The van der Waals surface area contributed by atoms with Crippen LogP contribution in [0.15, 0.2) is 4.99 Å². The topological polar surface area (TPSA) is 45.6 Å². The van der Waals surface area contributed by atoms with Crippen LogP contribution in [0.1, 0.15) is 12.8 Å². The summed E-state index contributed by atoms with van der Waals surface area (Å²) in [6, 6.07) is 1.31. The molecule has 12 heavy (non-hydrogen) atoms. The van der Waals surface area contributed by atoms with Gasteiger partial charge < -0.3 is 15.4 Å². The van der Waals surface area contributed by atoms with Crippen LogP contribution in [-0.2, 0) is 4.74 Å². The van der Waals surface area contributed by atoms with Crippen molar-refractivity contribution in [3.05, 3.63) is 0 Å². The van der Waals surface area contributed by atoms with Gasteiger partial charge in [0.2, 0.25) is 0 Å². The second kappa shape index (κ2) is 3.76. The van der Waals surface area contributed by atoms with Gasteiger partial charge in [0.15, 0.2) is 0 Å². The molecule has 0 aromatic rings. The fourth-order valence-electron chi connectivity index (χ4n) is 1.56. The molecular formula is C8H15N3O. The van der Waals surface area contributed by atoms with E-state index in [-0.39, 0.29) is 0 Å². The Labute approximate surface area is 72.4 Å². The van der Waals surface area contributed by atoms with E-state index in [1.54, 1.807) is 0 Å². The first-order valence-corrected chi connectivity index (χ1v) is 4.59. The van der Waals surface area contributed by atoms with E-state index in [2.05, 4.69) is 15.6 Å². The lowest BCUT2D eigenvalue weighted by Gasteiger charge is -2.23. The second-order valence-electron chi connectivity index (χ2n) is 3.20. The standard InChI is InChI=1S/C8H15N3O/c1-3-9-4-2-7(1)11-8-10-5-6-12-8/h7,9H,1-6H2,(H,10,11). The molecule has 0 aliphatic carbocycles. The molecule has 2 aliphatic heterocycles. The largest absolute Gasteiger partial charge is 0.463 e. The molecule has 2 N–H and O–H groups in total. The summed E-state index contributed by atoms with van der Waals surface area (Å²) in [4.78, 5) is 4.19. The third-order valence-electron chi connectivity index (χ3n) is 2.25. The molecule has 1 fully saturated rings. The molecule has 0 aromatic heterocycles. The van der Waals surface area contributed by atoms with E-state index in [1.807, 2.05) is 0 Å². The molecule has 0 saturated carbocycles. The lowest BCUT2D eigenvalue weighted by atomic mass is 10.1. The van der Waals surface area contributed by atoms with Crippen LogP contribution >= 0.6 is 0 Å². The molecular weight excluding hydrogens is 154 g/mol. The van der Waals surface area contributed by atoms with E-state index in [9.17, 15) is 0 Å². The normalized spacial score (nSPS) is 24.8. The predicted molar refractivity (Wildman–Crippen MR) is 47.3 cm³/mol. The summed E-state index contributed by atoms with van der Waals surface area (Å²) in [6.07, 6.45) is 2.34. The van der Waals surface area contributed by atoms with E-state index in [0.29, 0.717) is 6.04 Å². The van der Waals surface area contributed by atoms with Gasteiger partial charge >= 0.3 is 0 Å². The Bertz CT molecular complexity index is 175. The lowest BCUT2D eigenvalue weighted by molar-refractivity contribution is 0.314. The van der Waals surface area contributed by atoms with E-state index >= 15 is 0 Å². The maximum atomic E-state index is 5.27. The number of amidine groups is 1. The van der Waals surface area contributed by atoms with Crippen molar-refractivity contribution in [3.8, 4) is 0 Å². The highest BCUT2D eigenvalue weighted by Gasteiger charge is 2.16. The van der Waals surface area contributed by atoms with Crippen LogP contribution in [0.2, 0.25) is 0 Å². The van der Waals surface area contributed by atoms with E-state index < -0.39 is 0 Å². The SMILES string of the molecule is C1COC(NC2CCNCC2)=N1. The Balaban J connectivity index is 1.77. The maximum absolute atomic E-state index is 5.27. The van der Waals surface area contributed by atoms with Gasteiger partial charge in [-0.15, -0.1) is 0 Å². The number of aliphatic imine (C=N–C) groups is 1. The smallest absolute Gasteiger partial charge is 0.285 e. The maximum Gasteiger partial charge on any atom is 0.285 e. The molecule has 2 rings (SSSR count). The van der Waals surface area contributed by atoms with Crippen LogP contribution in [0.25, 0.3) is 0 Å². The molecule has 0 atom stereocenters. The first-order valence-electron chi connectivity index (χ1n) is 4.59. The molecule has 2 aliphatic rings. The summed E-state index contributed by atoms with van der Waals surface area (Å²) < 4.78 is 5.27. The van der Waals surface area contributed by atoms with Crippen molar-refractivity contribution < 1.29 is 4.74 Å². The number of nitrogens with zero attached hydrogens (tertiary/aromatic N) is 1.